The lowest BCUT2D eigenvalue weighted by Gasteiger charge is -2.09. The molecule has 0 spiro atoms. The number of hydrogen-bond donors (Lipinski definition) is 1. The number of hydrogen-bond acceptors (Lipinski definition) is 4. The van der Waals surface area contributed by atoms with E-state index in [-0.39, 0.29) is 23.5 Å². The van der Waals surface area contributed by atoms with Crippen LogP contribution in [0, 0.1) is 12.7 Å². The minimum Gasteiger partial charge on any atom is -0.453 e. The van der Waals surface area contributed by atoms with Gasteiger partial charge in [0.05, 0.1) is 11.1 Å². The Bertz CT molecular complexity index is 1920. The average Bonchev–Trinajstić information content (AvgIpc) is 3.50. The van der Waals surface area contributed by atoms with E-state index in [4.69, 9.17) is 4.74 Å². The van der Waals surface area contributed by atoms with E-state index in [0.717, 1.165) is 11.3 Å². The van der Waals surface area contributed by atoms with E-state index >= 15 is 4.39 Å². The van der Waals surface area contributed by atoms with Crippen LogP contribution in [-0.4, -0.2) is 25.1 Å². The van der Waals surface area contributed by atoms with E-state index in [0.29, 0.717) is 33.7 Å². The second kappa shape index (κ2) is 10.1. The molecule has 1 N–H and O–H groups in total. The summed E-state index contributed by atoms with van der Waals surface area (Å²) in [6, 6.07) is 26.9. The minimum atomic E-state index is -0.611. The molecule has 0 atom stereocenters. The number of aromatic amines is 1. The van der Waals surface area contributed by atoms with Crippen LogP contribution < -0.4 is 10.3 Å². The maximum Gasteiger partial charge on any atom is 0.282 e. The Balaban J connectivity index is 1.25. The van der Waals surface area contributed by atoms with E-state index < -0.39 is 11.4 Å². The summed E-state index contributed by atoms with van der Waals surface area (Å²) in [6.07, 6.45) is 1.47. The van der Waals surface area contributed by atoms with Crippen LogP contribution in [0.4, 0.5) is 4.39 Å². The number of halogens is 1. The number of ketones is 1. The number of para-hydroxylation sites is 1. The highest BCUT2D eigenvalue weighted by Gasteiger charge is 2.23. The standard InChI is InChI=1S/C32H25FN4O3/c1-20-30(32(39)37(36(20)2)23-11-7-4-8-12-23)27(38)18-21-13-14-29(25(33)17-21)40-28-15-16-34-31-24(28)19-26(35-31)22-9-5-3-6-10-22/h3-17,19H,18H2,1-2H3,(H,34,35). The average molecular weight is 533 g/mol. The van der Waals surface area contributed by atoms with Gasteiger partial charge in [-0.3, -0.25) is 14.3 Å². The third-order valence-corrected chi connectivity index (χ3v) is 6.99. The number of pyridine rings is 1. The SMILES string of the molecule is Cc1c(C(=O)Cc2ccc(Oc3ccnc4[nH]c(-c5ccccc5)cc34)c(F)c2)c(=O)n(-c2ccccc2)n1C. The largest absolute Gasteiger partial charge is 0.453 e. The predicted molar refractivity (Wildman–Crippen MR) is 152 cm³/mol. The number of rotatable bonds is 7. The zero-order valence-corrected chi connectivity index (χ0v) is 21.9. The zero-order valence-electron chi connectivity index (χ0n) is 21.9. The summed E-state index contributed by atoms with van der Waals surface area (Å²) in [7, 11) is 1.73. The van der Waals surface area contributed by atoms with E-state index in [9.17, 15) is 9.59 Å². The van der Waals surface area contributed by atoms with Crippen molar-refractivity contribution in [2.24, 2.45) is 7.05 Å². The Hall–Kier alpha value is -5.24. The summed E-state index contributed by atoms with van der Waals surface area (Å²) in [5.74, 6) is -0.515. The maximum absolute atomic E-state index is 15.2. The van der Waals surface area contributed by atoms with Gasteiger partial charge >= 0.3 is 0 Å². The van der Waals surface area contributed by atoms with E-state index in [1.54, 1.807) is 49.1 Å². The van der Waals surface area contributed by atoms with Gasteiger partial charge in [-0.15, -0.1) is 0 Å². The maximum atomic E-state index is 15.2. The normalized spacial score (nSPS) is 11.2. The van der Waals surface area contributed by atoms with Crippen LogP contribution in [0.25, 0.3) is 28.0 Å². The predicted octanol–water partition coefficient (Wildman–Crippen LogP) is 6.38. The molecule has 0 aliphatic rings. The number of H-pyrrole nitrogens is 1. The van der Waals surface area contributed by atoms with Crippen LogP contribution >= 0.6 is 0 Å². The number of nitrogens with one attached hydrogen (secondary N) is 1. The summed E-state index contributed by atoms with van der Waals surface area (Å²) in [5.41, 5.74) is 3.82. The Morgan fingerprint density at radius 2 is 1.68 bits per heavy atom. The first kappa shape index (κ1) is 25.1. The number of benzene rings is 3. The monoisotopic (exact) mass is 532 g/mol. The molecule has 0 amide bonds. The number of nitrogens with zero attached hydrogens (tertiary/aromatic N) is 3. The number of Topliss-reactive ketones (excluding diaryl/α,β-unsaturated/α-hetero) is 1. The molecule has 0 saturated carbocycles. The lowest BCUT2D eigenvalue weighted by Crippen LogP contribution is -2.23. The topological polar surface area (TPSA) is 81.9 Å². The second-order valence-electron chi connectivity index (χ2n) is 9.52. The van der Waals surface area contributed by atoms with Gasteiger partial charge in [0.25, 0.3) is 5.56 Å². The molecule has 0 saturated heterocycles. The van der Waals surface area contributed by atoms with Crippen molar-refractivity contribution >= 4 is 16.8 Å². The summed E-state index contributed by atoms with van der Waals surface area (Å²) in [6.45, 7) is 1.73. The van der Waals surface area contributed by atoms with Gasteiger partial charge in [-0.1, -0.05) is 54.6 Å². The van der Waals surface area contributed by atoms with Crippen molar-refractivity contribution < 1.29 is 13.9 Å². The molecular weight excluding hydrogens is 507 g/mol. The summed E-state index contributed by atoms with van der Waals surface area (Å²) < 4.78 is 24.2. The molecule has 6 rings (SSSR count). The Kier molecular flexibility index (Phi) is 6.36. The van der Waals surface area contributed by atoms with Gasteiger partial charge in [0.1, 0.15) is 17.0 Å². The van der Waals surface area contributed by atoms with Gasteiger partial charge < -0.3 is 9.72 Å². The summed E-state index contributed by atoms with van der Waals surface area (Å²) in [4.78, 5) is 34.0. The van der Waals surface area contributed by atoms with E-state index in [1.165, 1.54) is 16.8 Å². The molecule has 0 aliphatic heterocycles. The molecule has 3 heterocycles. The lowest BCUT2D eigenvalue weighted by atomic mass is 10.0. The Labute approximate surface area is 229 Å². The molecule has 3 aromatic carbocycles. The highest BCUT2D eigenvalue weighted by atomic mass is 19.1. The van der Waals surface area contributed by atoms with Crippen molar-refractivity contribution in [2.75, 3.05) is 0 Å². The smallest absolute Gasteiger partial charge is 0.282 e. The van der Waals surface area contributed by atoms with Crippen molar-refractivity contribution in [1.29, 1.82) is 0 Å². The highest BCUT2D eigenvalue weighted by Crippen LogP contribution is 2.33. The molecule has 0 unspecified atom stereocenters. The van der Waals surface area contributed by atoms with Crippen LogP contribution in [0.5, 0.6) is 11.5 Å². The van der Waals surface area contributed by atoms with Crippen LogP contribution in [0.3, 0.4) is 0 Å². The van der Waals surface area contributed by atoms with Crippen LogP contribution in [0.15, 0.2) is 102 Å². The van der Waals surface area contributed by atoms with Gasteiger partial charge in [-0.05, 0) is 54.4 Å². The lowest BCUT2D eigenvalue weighted by molar-refractivity contribution is 0.0991. The number of aromatic nitrogens is 4. The molecule has 0 radical (unpaired) electrons. The number of fused-ring (bicyclic) bond motifs is 1. The van der Waals surface area contributed by atoms with Gasteiger partial charge in [0, 0.05) is 31.1 Å². The van der Waals surface area contributed by atoms with Crippen molar-refractivity contribution in [1.82, 2.24) is 19.3 Å². The third-order valence-electron chi connectivity index (χ3n) is 6.99. The molecule has 6 aromatic rings. The molecular formula is C32H25FN4O3. The molecule has 0 bridgehead atoms. The second-order valence-corrected chi connectivity index (χ2v) is 9.52. The fourth-order valence-electron chi connectivity index (χ4n) is 4.88. The fraction of sp³-hybridized carbons (Fsp3) is 0.0938. The van der Waals surface area contributed by atoms with Crippen molar-refractivity contribution in [3.63, 3.8) is 0 Å². The summed E-state index contributed by atoms with van der Waals surface area (Å²) in [5, 5.41) is 0.717. The van der Waals surface area contributed by atoms with Crippen molar-refractivity contribution in [3.05, 3.63) is 130 Å². The Morgan fingerprint density at radius 1 is 0.950 bits per heavy atom. The molecule has 3 aromatic heterocycles. The molecule has 0 aliphatic carbocycles. The zero-order chi connectivity index (χ0) is 27.8. The van der Waals surface area contributed by atoms with Crippen molar-refractivity contribution in [2.45, 2.75) is 13.3 Å². The van der Waals surface area contributed by atoms with Gasteiger partial charge in [-0.25, -0.2) is 14.1 Å². The van der Waals surface area contributed by atoms with Crippen molar-refractivity contribution in [3.8, 4) is 28.4 Å². The Morgan fingerprint density at radius 3 is 2.40 bits per heavy atom. The first-order valence-corrected chi connectivity index (χ1v) is 12.8. The molecule has 7 nitrogen and oxygen atoms in total. The molecule has 0 fully saturated rings. The molecule has 40 heavy (non-hydrogen) atoms. The van der Waals surface area contributed by atoms with E-state index in [1.807, 2.05) is 54.6 Å². The highest BCUT2D eigenvalue weighted by molar-refractivity contribution is 5.98. The number of carbonyl (C=O) groups is 1. The van der Waals surface area contributed by atoms with Gasteiger partial charge in [0.15, 0.2) is 17.3 Å². The number of carbonyl (C=O) groups excluding carboxylic acids is 1. The molecule has 198 valence electrons. The van der Waals surface area contributed by atoms with Gasteiger partial charge in [-0.2, -0.15) is 0 Å². The third kappa shape index (κ3) is 4.49. The van der Waals surface area contributed by atoms with E-state index in [2.05, 4.69) is 9.97 Å². The first-order valence-electron chi connectivity index (χ1n) is 12.8. The van der Waals surface area contributed by atoms with Crippen LogP contribution in [-0.2, 0) is 13.5 Å². The van der Waals surface area contributed by atoms with Crippen LogP contribution in [0.1, 0.15) is 21.6 Å². The summed E-state index contributed by atoms with van der Waals surface area (Å²) >= 11 is 0. The first-order chi connectivity index (χ1) is 19.4. The fourth-order valence-corrected chi connectivity index (χ4v) is 4.88. The minimum absolute atomic E-state index is 0.0217. The number of ether oxygens (including phenoxy) is 1. The molecule has 8 heteroatoms. The van der Waals surface area contributed by atoms with Crippen LogP contribution in [0.2, 0.25) is 0 Å². The quantitative estimate of drug-likeness (QED) is 0.242. The van der Waals surface area contributed by atoms with Gasteiger partial charge in [0.2, 0.25) is 0 Å².